The molecule has 0 fully saturated rings. The molecule has 0 aliphatic rings. The van der Waals surface area contributed by atoms with Crippen molar-refractivity contribution in [3.63, 3.8) is 0 Å². The van der Waals surface area contributed by atoms with Gasteiger partial charge in [0.05, 0.1) is 5.52 Å². The molecule has 3 rings (SSSR count). The minimum atomic E-state index is 0.259. The highest BCUT2D eigenvalue weighted by Crippen LogP contribution is 2.27. The first-order valence-electron chi connectivity index (χ1n) is 6.18. The summed E-state index contributed by atoms with van der Waals surface area (Å²) in [6.07, 6.45) is 0. The van der Waals surface area contributed by atoms with E-state index in [1.54, 1.807) is 0 Å². The number of fused-ring (bicyclic) bond motifs is 1. The Labute approximate surface area is 125 Å². The number of rotatable bonds is 2. The van der Waals surface area contributed by atoms with E-state index in [2.05, 4.69) is 37.3 Å². The normalized spacial score (nSPS) is 10.7. The Kier molecular flexibility index (Phi) is 3.28. The van der Waals surface area contributed by atoms with Gasteiger partial charge in [0.25, 0.3) is 0 Å². The number of nitrogens with zero attached hydrogens (tertiary/aromatic N) is 2. The predicted molar refractivity (Wildman–Crippen MR) is 86.1 cm³/mol. The monoisotopic (exact) mass is 328 g/mol. The molecule has 0 aliphatic carbocycles. The zero-order valence-corrected chi connectivity index (χ0v) is 12.5. The van der Waals surface area contributed by atoms with Crippen molar-refractivity contribution in [3.05, 3.63) is 52.5 Å². The Balaban J connectivity index is 2.12. The molecule has 1 heterocycles. The molecule has 100 valence electrons. The number of nitrogen functional groups attached to an aromatic ring is 1. The van der Waals surface area contributed by atoms with Gasteiger partial charge in [-0.25, -0.2) is 4.98 Å². The lowest BCUT2D eigenvalue weighted by Crippen LogP contribution is -2.01. The molecule has 20 heavy (non-hydrogen) atoms. The summed E-state index contributed by atoms with van der Waals surface area (Å²) in [5, 5.41) is 4.23. The molecule has 0 radical (unpaired) electrons. The molecule has 5 heteroatoms. The Bertz CT molecular complexity index is 786. The van der Waals surface area contributed by atoms with E-state index >= 15 is 0 Å². The largest absolute Gasteiger partial charge is 0.368 e. The number of nitrogens with one attached hydrogen (secondary N) is 1. The first-order chi connectivity index (χ1) is 9.61. The lowest BCUT2D eigenvalue weighted by Gasteiger charge is -2.10. The maximum Gasteiger partial charge on any atom is 0.222 e. The second kappa shape index (κ2) is 5.09. The summed E-state index contributed by atoms with van der Waals surface area (Å²) in [6.45, 7) is 2.05. The lowest BCUT2D eigenvalue weighted by atomic mass is 10.2. The molecule has 2 aromatic carbocycles. The van der Waals surface area contributed by atoms with Crippen LogP contribution in [0.5, 0.6) is 0 Å². The maximum absolute atomic E-state index is 5.77. The molecule has 0 saturated heterocycles. The van der Waals surface area contributed by atoms with Gasteiger partial charge in [-0.1, -0.05) is 28.1 Å². The number of halogens is 1. The van der Waals surface area contributed by atoms with Crippen LogP contribution in [-0.2, 0) is 0 Å². The SMILES string of the molecule is Cc1cccc(Nc2nc(N)nc3ccc(Br)cc23)c1. The average Bonchev–Trinajstić information content (AvgIpc) is 2.39. The van der Waals surface area contributed by atoms with Crippen LogP contribution in [0, 0.1) is 6.92 Å². The summed E-state index contributed by atoms with van der Waals surface area (Å²) in [7, 11) is 0. The third-order valence-electron chi connectivity index (χ3n) is 2.96. The Morgan fingerprint density at radius 3 is 2.75 bits per heavy atom. The van der Waals surface area contributed by atoms with Gasteiger partial charge in [-0.3, -0.25) is 0 Å². The van der Waals surface area contributed by atoms with E-state index in [0.717, 1.165) is 21.1 Å². The fraction of sp³-hybridized carbons (Fsp3) is 0.0667. The second-order valence-corrected chi connectivity index (χ2v) is 5.50. The molecule has 3 N–H and O–H groups in total. The van der Waals surface area contributed by atoms with Gasteiger partial charge in [-0.05, 0) is 42.8 Å². The van der Waals surface area contributed by atoms with Crippen molar-refractivity contribution in [3.8, 4) is 0 Å². The minimum Gasteiger partial charge on any atom is -0.368 e. The third-order valence-corrected chi connectivity index (χ3v) is 3.45. The summed E-state index contributed by atoms with van der Waals surface area (Å²) in [6, 6.07) is 13.9. The van der Waals surface area contributed by atoms with Crippen molar-refractivity contribution in [2.45, 2.75) is 6.92 Å². The van der Waals surface area contributed by atoms with Gasteiger partial charge in [0.2, 0.25) is 5.95 Å². The zero-order chi connectivity index (χ0) is 14.1. The van der Waals surface area contributed by atoms with Crippen molar-refractivity contribution in [1.29, 1.82) is 0 Å². The van der Waals surface area contributed by atoms with Crippen molar-refractivity contribution in [2.75, 3.05) is 11.1 Å². The summed E-state index contributed by atoms with van der Waals surface area (Å²) in [5.74, 6) is 0.967. The maximum atomic E-state index is 5.77. The van der Waals surface area contributed by atoms with Gasteiger partial charge in [0.15, 0.2) is 0 Å². The van der Waals surface area contributed by atoms with Crippen molar-refractivity contribution >= 4 is 44.3 Å². The topological polar surface area (TPSA) is 63.8 Å². The molecule has 0 amide bonds. The number of aryl methyl sites for hydroxylation is 1. The fourth-order valence-corrected chi connectivity index (χ4v) is 2.43. The first kappa shape index (κ1) is 12.9. The van der Waals surface area contributed by atoms with Gasteiger partial charge in [-0.15, -0.1) is 0 Å². The number of aromatic nitrogens is 2. The van der Waals surface area contributed by atoms with E-state index in [1.165, 1.54) is 5.56 Å². The van der Waals surface area contributed by atoms with E-state index in [1.807, 2.05) is 43.3 Å². The minimum absolute atomic E-state index is 0.259. The second-order valence-electron chi connectivity index (χ2n) is 4.59. The van der Waals surface area contributed by atoms with Crippen LogP contribution in [0.4, 0.5) is 17.5 Å². The molecular weight excluding hydrogens is 316 g/mol. The van der Waals surface area contributed by atoms with Crippen LogP contribution < -0.4 is 11.1 Å². The highest BCUT2D eigenvalue weighted by Gasteiger charge is 2.07. The summed E-state index contributed by atoms with van der Waals surface area (Å²) < 4.78 is 0.977. The van der Waals surface area contributed by atoms with Gasteiger partial charge < -0.3 is 11.1 Å². The van der Waals surface area contributed by atoms with E-state index in [0.29, 0.717) is 5.82 Å². The molecule has 4 nitrogen and oxygen atoms in total. The fourth-order valence-electron chi connectivity index (χ4n) is 2.07. The quantitative estimate of drug-likeness (QED) is 0.745. The van der Waals surface area contributed by atoms with Crippen LogP contribution in [0.15, 0.2) is 46.9 Å². The molecule has 0 bridgehead atoms. The Morgan fingerprint density at radius 1 is 1.10 bits per heavy atom. The van der Waals surface area contributed by atoms with Gasteiger partial charge in [0.1, 0.15) is 5.82 Å². The van der Waals surface area contributed by atoms with Crippen LogP contribution in [0.25, 0.3) is 10.9 Å². The molecule has 0 saturated carbocycles. The van der Waals surface area contributed by atoms with Crippen molar-refractivity contribution in [1.82, 2.24) is 9.97 Å². The van der Waals surface area contributed by atoms with Crippen molar-refractivity contribution < 1.29 is 0 Å². The van der Waals surface area contributed by atoms with Crippen LogP contribution in [0.1, 0.15) is 5.56 Å². The molecule has 0 spiro atoms. The number of hydrogen-bond acceptors (Lipinski definition) is 4. The molecule has 3 aromatic rings. The highest BCUT2D eigenvalue weighted by molar-refractivity contribution is 9.10. The highest BCUT2D eigenvalue weighted by atomic mass is 79.9. The van der Waals surface area contributed by atoms with Gasteiger partial charge in [0, 0.05) is 15.5 Å². The standard InChI is InChI=1S/C15H13BrN4/c1-9-3-2-4-11(7-9)18-14-12-8-10(16)5-6-13(12)19-15(17)20-14/h2-8H,1H3,(H3,17,18,19,20). The lowest BCUT2D eigenvalue weighted by molar-refractivity contribution is 1.23. The number of nitrogens with two attached hydrogens (primary N) is 1. The average molecular weight is 329 g/mol. The van der Waals surface area contributed by atoms with E-state index in [4.69, 9.17) is 5.73 Å². The van der Waals surface area contributed by atoms with E-state index in [9.17, 15) is 0 Å². The number of hydrogen-bond donors (Lipinski definition) is 2. The smallest absolute Gasteiger partial charge is 0.222 e. The van der Waals surface area contributed by atoms with Crippen LogP contribution in [-0.4, -0.2) is 9.97 Å². The third kappa shape index (κ3) is 2.58. The molecule has 0 atom stereocenters. The van der Waals surface area contributed by atoms with Gasteiger partial charge >= 0.3 is 0 Å². The predicted octanol–water partition coefficient (Wildman–Crippen LogP) is 4.03. The van der Waals surface area contributed by atoms with Crippen LogP contribution in [0.3, 0.4) is 0 Å². The summed E-state index contributed by atoms with van der Waals surface area (Å²) >= 11 is 3.47. The zero-order valence-electron chi connectivity index (χ0n) is 10.9. The van der Waals surface area contributed by atoms with Crippen LogP contribution >= 0.6 is 15.9 Å². The molecule has 1 aromatic heterocycles. The van der Waals surface area contributed by atoms with Crippen LogP contribution in [0.2, 0.25) is 0 Å². The molecule has 0 unspecified atom stereocenters. The van der Waals surface area contributed by atoms with E-state index in [-0.39, 0.29) is 5.95 Å². The number of benzene rings is 2. The van der Waals surface area contributed by atoms with E-state index < -0.39 is 0 Å². The molecular formula is C15H13BrN4. The van der Waals surface area contributed by atoms with Gasteiger partial charge in [-0.2, -0.15) is 4.98 Å². The summed E-state index contributed by atoms with van der Waals surface area (Å²) in [4.78, 5) is 8.54. The number of anilines is 3. The van der Waals surface area contributed by atoms with Crippen molar-refractivity contribution in [2.24, 2.45) is 0 Å². The first-order valence-corrected chi connectivity index (χ1v) is 6.97. The Morgan fingerprint density at radius 2 is 1.95 bits per heavy atom. The summed E-state index contributed by atoms with van der Waals surface area (Å²) in [5.41, 5.74) is 8.75. The Hall–Kier alpha value is -2.14. The molecule has 0 aliphatic heterocycles.